The average molecular weight is 274 g/mol. The number of hydrogen-bond acceptors (Lipinski definition) is 3. The number of halogens is 1. The van der Waals surface area contributed by atoms with Crippen LogP contribution in [0.25, 0.3) is 16.8 Å². The fourth-order valence-corrected chi connectivity index (χ4v) is 2.11. The molecule has 0 aliphatic carbocycles. The predicted octanol–water partition coefficient (Wildman–Crippen LogP) is 3.56. The zero-order valence-corrected chi connectivity index (χ0v) is 10.4. The molecule has 0 aliphatic rings. The molecule has 3 rings (SSSR count). The molecule has 0 saturated heterocycles. The first-order valence-corrected chi connectivity index (χ1v) is 5.91. The predicted molar refractivity (Wildman–Crippen MR) is 72.3 cm³/mol. The van der Waals surface area contributed by atoms with Crippen LogP contribution < -0.4 is 0 Å². The molecule has 0 N–H and O–H groups in total. The van der Waals surface area contributed by atoms with Crippen molar-refractivity contribution < 1.29 is 4.92 Å². The van der Waals surface area contributed by atoms with Gasteiger partial charge in [-0.2, -0.15) is 4.40 Å². The minimum Gasteiger partial charge on any atom is -0.358 e. The summed E-state index contributed by atoms with van der Waals surface area (Å²) in [5.74, 6) is -0.0502. The fraction of sp³-hybridized carbons (Fsp3) is 0. The van der Waals surface area contributed by atoms with Crippen molar-refractivity contribution in [2.45, 2.75) is 0 Å². The summed E-state index contributed by atoms with van der Waals surface area (Å²) in [6, 6.07) is 10.9. The van der Waals surface area contributed by atoms with Crippen LogP contribution in [0.2, 0.25) is 5.02 Å². The quantitative estimate of drug-likeness (QED) is 0.530. The van der Waals surface area contributed by atoms with Gasteiger partial charge in [-0.3, -0.25) is 0 Å². The summed E-state index contributed by atoms with van der Waals surface area (Å²) in [6.07, 6.45) is 2.88. The van der Waals surface area contributed by atoms with E-state index in [4.69, 9.17) is 11.6 Å². The highest BCUT2D eigenvalue weighted by molar-refractivity contribution is 6.30. The lowest BCUT2D eigenvalue weighted by Gasteiger charge is -2.01. The topological polar surface area (TPSA) is 60.4 Å². The number of benzene rings is 1. The van der Waals surface area contributed by atoms with Crippen molar-refractivity contribution in [2.75, 3.05) is 0 Å². The molecule has 5 nitrogen and oxygen atoms in total. The molecule has 0 unspecified atom stereocenters. The smallest absolute Gasteiger partial charge is 0.347 e. The molecule has 0 radical (unpaired) electrons. The molecule has 0 saturated carbocycles. The molecule has 94 valence electrons. The van der Waals surface area contributed by atoms with Crippen LogP contribution in [0.5, 0.6) is 0 Å². The maximum atomic E-state index is 10.9. The van der Waals surface area contributed by atoms with E-state index in [-0.39, 0.29) is 5.82 Å². The van der Waals surface area contributed by atoms with Crippen LogP contribution in [0.15, 0.2) is 48.8 Å². The molecule has 19 heavy (non-hydrogen) atoms. The molecule has 0 aliphatic heterocycles. The van der Waals surface area contributed by atoms with E-state index in [1.807, 2.05) is 18.2 Å². The van der Waals surface area contributed by atoms with Gasteiger partial charge in [-0.25, -0.2) is 4.98 Å². The second-order valence-electron chi connectivity index (χ2n) is 4.00. The maximum absolute atomic E-state index is 10.9. The fourth-order valence-electron chi connectivity index (χ4n) is 1.99. The van der Waals surface area contributed by atoms with Crippen LogP contribution in [0, 0.1) is 10.1 Å². The van der Waals surface area contributed by atoms with E-state index in [1.54, 1.807) is 24.4 Å². The largest absolute Gasteiger partial charge is 0.358 e. The number of imidazole rings is 1. The molecule has 2 heterocycles. The highest BCUT2D eigenvalue weighted by Gasteiger charge is 2.16. The second kappa shape index (κ2) is 4.37. The molecule has 0 fully saturated rings. The zero-order chi connectivity index (χ0) is 13.4. The Morgan fingerprint density at radius 1 is 1.21 bits per heavy atom. The third-order valence-electron chi connectivity index (χ3n) is 2.86. The first-order valence-electron chi connectivity index (χ1n) is 5.53. The standard InChI is InChI=1S/C13H8ClN3O2/c14-10-5-3-9(4-6-10)11-2-1-7-16-12(17(18)19)8-15-13(11)16/h1-8H. The number of rotatable bonds is 2. The van der Waals surface area contributed by atoms with Crippen LogP contribution >= 0.6 is 11.6 Å². The van der Waals surface area contributed by atoms with Gasteiger partial charge >= 0.3 is 5.82 Å². The molecule has 0 bridgehead atoms. The Kier molecular flexibility index (Phi) is 2.68. The van der Waals surface area contributed by atoms with Gasteiger partial charge in [0.2, 0.25) is 5.65 Å². The summed E-state index contributed by atoms with van der Waals surface area (Å²) in [5, 5.41) is 11.5. The Balaban J connectivity index is 2.25. The van der Waals surface area contributed by atoms with E-state index >= 15 is 0 Å². The summed E-state index contributed by atoms with van der Waals surface area (Å²) >= 11 is 5.85. The van der Waals surface area contributed by atoms with Crippen LogP contribution in [0.1, 0.15) is 0 Å². The average Bonchev–Trinajstić information content (AvgIpc) is 2.83. The van der Waals surface area contributed by atoms with Gasteiger partial charge in [-0.15, -0.1) is 0 Å². The number of pyridine rings is 1. The Morgan fingerprint density at radius 2 is 1.95 bits per heavy atom. The first kappa shape index (κ1) is 11.7. The van der Waals surface area contributed by atoms with Gasteiger partial charge in [0.1, 0.15) is 6.20 Å². The van der Waals surface area contributed by atoms with Crippen LogP contribution in [0.3, 0.4) is 0 Å². The van der Waals surface area contributed by atoms with Crippen molar-refractivity contribution in [3.8, 4) is 11.1 Å². The van der Waals surface area contributed by atoms with Gasteiger partial charge in [0.05, 0.1) is 6.20 Å². The monoisotopic (exact) mass is 273 g/mol. The Bertz CT molecular complexity index is 765. The van der Waals surface area contributed by atoms with E-state index in [2.05, 4.69) is 4.98 Å². The highest BCUT2D eigenvalue weighted by atomic mass is 35.5. The number of nitro groups is 1. The molecule has 6 heteroatoms. The van der Waals surface area contributed by atoms with Crippen molar-refractivity contribution in [1.29, 1.82) is 0 Å². The lowest BCUT2D eigenvalue weighted by atomic mass is 10.1. The van der Waals surface area contributed by atoms with E-state index < -0.39 is 4.92 Å². The SMILES string of the molecule is O=[N+]([O-])c1cnc2c(-c3ccc(Cl)cc3)cccn12. The van der Waals surface area contributed by atoms with Gasteiger partial charge in [0.25, 0.3) is 0 Å². The van der Waals surface area contributed by atoms with Crippen molar-refractivity contribution >= 4 is 23.1 Å². The molecule has 1 aromatic carbocycles. The van der Waals surface area contributed by atoms with E-state index in [0.29, 0.717) is 10.7 Å². The lowest BCUT2D eigenvalue weighted by Crippen LogP contribution is -1.94. The third-order valence-corrected chi connectivity index (χ3v) is 3.11. The Hall–Kier alpha value is -2.40. The first-order chi connectivity index (χ1) is 9.16. The van der Waals surface area contributed by atoms with E-state index in [0.717, 1.165) is 11.1 Å². The minimum atomic E-state index is -0.453. The van der Waals surface area contributed by atoms with Gasteiger partial charge < -0.3 is 10.1 Å². The van der Waals surface area contributed by atoms with Crippen molar-refractivity contribution in [2.24, 2.45) is 0 Å². The molecule has 0 amide bonds. The van der Waals surface area contributed by atoms with Gasteiger partial charge in [0.15, 0.2) is 0 Å². The number of aromatic nitrogens is 2. The summed E-state index contributed by atoms with van der Waals surface area (Å²) in [6.45, 7) is 0. The van der Waals surface area contributed by atoms with Gasteiger partial charge in [0, 0.05) is 10.6 Å². The normalized spacial score (nSPS) is 10.8. The highest BCUT2D eigenvalue weighted by Crippen LogP contribution is 2.27. The molecular formula is C13H8ClN3O2. The summed E-state index contributed by atoms with van der Waals surface area (Å²) in [4.78, 5) is 14.6. The van der Waals surface area contributed by atoms with Crippen molar-refractivity contribution in [1.82, 2.24) is 9.38 Å². The van der Waals surface area contributed by atoms with Crippen molar-refractivity contribution in [3.05, 3.63) is 63.9 Å². The zero-order valence-electron chi connectivity index (χ0n) is 9.65. The third kappa shape index (κ3) is 1.94. The van der Waals surface area contributed by atoms with E-state index in [1.165, 1.54) is 10.6 Å². The summed E-state index contributed by atoms with van der Waals surface area (Å²) < 4.78 is 1.46. The van der Waals surface area contributed by atoms with E-state index in [9.17, 15) is 10.1 Å². The Morgan fingerprint density at radius 3 is 2.63 bits per heavy atom. The second-order valence-corrected chi connectivity index (χ2v) is 4.43. The van der Waals surface area contributed by atoms with Gasteiger partial charge in [-0.1, -0.05) is 23.7 Å². The number of nitrogens with zero attached hydrogens (tertiary/aromatic N) is 3. The lowest BCUT2D eigenvalue weighted by molar-refractivity contribution is -0.390. The summed E-state index contributed by atoms with van der Waals surface area (Å²) in [7, 11) is 0. The van der Waals surface area contributed by atoms with Crippen LogP contribution in [0.4, 0.5) is 5.82 Å². The maximum Gasteiger partial charge on any atom is 0.347 e. The van der Waals surface area contributed by atoms with Gasteiger partial charge in [-0.05, 0) is 34.8 Å². The van der Waals surface area contributed by atoms with Crippen molar-refractivity contribution in [3.63, 3.8) is 0 Å². The molecule has 2 aromatic heterocycles. The number of hydrogen-bond donors (Lipinski definition) is 0. The molecule has 0 spiro atoms. The minimum absolute atomic E-state index is 0.0502. The molecule has 3 aromatic rings. The Labute approximate surface area is 113 Å². The molecule has 0 atom stereocenters. The number of fused-ring (bicyclic) bond motifs is 1. The van der Waals surface area contributed by atoms with Crippen LogP contribution in [-0.2, 0) is 0 Å². The molecular weight excluding hydrogens is 266 g/mol. The summed E-state index contributed by atoms with van der Waals surface area (Å²) in [5.41, 5.74) is 2.29. The van der Waals surface area contributed by atoms with Crippen LogP contribution in [-0.4, -0.2) is 14.3 Å².